The fourth-order valence-electron chi connectivity index (χ4n) is 4.37. The Bertz CT molecular complexity index is 268. The lowest BCUT2D eigenvalue weighted by molar-refractivity contribution is 0.0498. The van der Waals surface area contributed by atoms with Gasteiger partial charge in [0.05, 0.1) is 0 Å². The molecular formula is C17H34N2. The van der Waals surface area contributed by atoms with E-state index < -0.39 is 0 Å². The molecule has 1 aliphatic carbocycles. The molecule has 2 rings (SSSR count). The average Bonchev–Trinajstić information content (AvgIpc) is 2.37. The summed E-state index contributed by atoms with van der Waals surface area (Å²) in [5.74, 6) is 1.80. The van der Waals surface area contributed by atoms with Gasteiger partial charge in [0, 0.05) is 12.6 Å². The van der Waals surface area contributed by atoms with Crippen LogP contribution in [0.1, 0.15) is 59.8 Å². The van der Waals surface area contributed by atoms with Crippen LogP contribution in [-0.2, 0) is 0 Å². The third kappa shape index (κ3) is 4.19. The Kier molecular flexibility index (Phi) is 5.30. The van der Waals surface area contributed by atoms with E-state index in [9.17, 15) is 0 Å². The maximum Gasteiger partial charge on any atom is 0.0121 e. The van der Waals surface area contributed by atoms with Crippen molar-refractivity contribution in [3.05, 3.63) is 0 Å². The minimum atomic E-state index is 0.573. The van der Waals surface area contributed by atoms with Crippen LogP contribution in [0.15, 0.2) is 0 Å². The zero-order valence-corrected chi connectivity index (χ0v) is 13.5. The molecule has 0 spiro atoms. The Morgan fingerprint density at radius 1 is 1.16 bits per heavy atom. The predicted molar refractivity (Wildman–Crippen MR) is 83.4 cm³/mol. The van der Waals surface area contributed by atoms with Gasteiger partial charge in [0.1, 0.15) is 0 Å². The zero-order valence-electron chi connectivity index (χ0n) is 13.5. The summed E-state index contributed by atoms with van der Waals surface area (Å²) in [5, 5.41) is 3.49. The van der Waals surface area contributed by atoms with Gasteiger partial charge in [0.15, 0.2) is 0 Å². The fraction of sp³-hybridized carbons (Fsp3) is 1.00. The number of rotatable bonds is 4. The molecule has 0 aromatic rings. The molecule has 112 valence electrons. The molecule has 2 aliphatic rings. The van der Waals surface area contributed by atoms with E-state index in [0.29, 0.717) is 5.41 Å². The standard InChI is InChI=1S/C17H34N2/c1-5-19(13-15-7-10-18-11-8-15)16-6-9-17(3,4)12-14(16)2/h14-16,18H,5-13H2,1-4H3. The van der Waals surface area contributed by atoms with Gasteiger partial charge in [-0.3, -0.25) is 0 Å². The maximum atomic E-state index is 3.49. The van der Waals surface area contributed by atoms with E-state index in [-0.39, 0.29) is 0 Å². The molecule has 0 amide bonds. The Hall–Kier alpha value is -0.0800. The van der Waals surface area contributed by atoms with Crippen molar-refractivity contribution < 1.29 is 0 Å². The van der Waals surface area contributed by atoms with Crippen LogP contribution in [0.25, 0.3) is 0 Å². The van der Waals surface area contributed by atoms with Gasteiger partial charge >= 0.3 is 0 Å². The molecule has 1 aliphatic heterocycles. The van der Waals surface area contributed by atoms with Crippen molar-refractivity contribution >= 4 is 0 Å². The number of nitrogens with zero attached hydrogens (tertiary/aromatic N) is 1. The smallest absolute Gasteiger partial charge is 0.0121 e. The summed E-state index contributed by atoms with van der Waals surface area (Å²) in [5.41, 5.74) is 0.573. The Morgan fingerprint density at radius 2 is 1.84 bits per heavy atom. The summed E-state index contributed by atoms with van der Waals surface area (Å²) in [6, 6.07) is 0.841. The molecule has 0 aromatic heterocycles. The first kappa shape index (κ1) is 15.3. The molecule has 2 unspecified atom stereocenters. The van der Waals surface area contributed by atoms with Crippen LogP contribution in [0.4, 0.5) is 0 Å². The van der Waals surface area contributed by atoms with Crippen LogP contribution in [-0.4, -0.2) is 37.1 Å². The molecule has 2 heteroatoms. The van der Waals surface area contributed by atoms with Gasteiger partial charge in [-0.25, -0.2) is 0 Å². The van der Waals surface area contributed by atoms with Crippen LogP contribution >= 0.6 is 0 Å². The molecule has 0 bridgehead atoms. The van der Waals surface area contributed by atoms with E-state index in [0.717, 1.165) is 17.9 Å². The summed E-state index contributed by atoms with van der Waals surface area (Å²) in [6.07, 6.45) is 6.98. The number of nitrogens with one attached hydrogen (secondary N) is 1. The average molecular weight is 266 g/mol. The van der Waals surface area contributed by atoms with Crippen LogP contribution in [0.5, 0.6) is 0 Å². The highest BCUT2D eigenvalue weighted by Gasteiger charge is 2.35. The molecule has 1 saturated carbocycles. The third-order valence-corrected chi connectivity index (χ3v) is 5.47. The van der Waals surface area contributed by atoms with E-state index in [1.54, 1.807) is 0 Å². The zero-order chi connectivity index (χ0) is 13.9. The van der Waals surface area contributed by atoms with Crippen LogP contribution in [0.3, 0.4) is 0 Å². The van der Waals surface area contributed by atoms with E-state index >= 15 is 0 Å². The van der Waals surface area contributed by atoms with E-state index in [1.165, 1.54) is 58.3 Å². The van der Waals surface area contributed by atoms with Gasteiger partial charge in [-0.15, -0.1) is 0 Å². The largest absolute Gasteiger partial charge is 0.317 e. The van der Waals surface area contributed by atoms with Gasteiger partial charge in [0.2, 0.25) is 0 Å². The lowest BCUT2D eigenvalue weighted by Crippen LogP contribution is -2.47. The Labute approximate surface area is 120 Å². The summed E-state index contributed by atoms with van der Waals surface area (Å²) in [6.45, 7) is 14.8. The highest BCUT2D eigenvalue weighted by atomic mass is 15.2. The second-order valence-corrected chi connectivity index (χ2v) is 7.73. The van der Waals surface area contributed by atoms with E-state index in [2.05, 4.69) is 37.9 Å². The molecule has 0 radical (unpaired) electrons. The van der Waals surface area contributed by atoms with Gasteiger partial charge < -0.3 is 10.2 Å². The van der Waals surface area contributed by atoms with Crippen molar-refractivity contribution in [3.8, 4) is 0 Å². The van der Waals surface area contributed by atoms with Crippen molar-refractivity contribution in [1.82, 2.24) is 10.2 Å². The third-order valence-electron chi connectivity index (χ3n) is 5.47. The molecule has 1 saturated heterocycles. The Balaban J connectivity index is 1.89. The van der Waals surface area contributed by atoms with Crippen molar-refractivity contribution in [2.45, 2.75) is 65.8 Å². The minimum Gasteiger partial charge on any atom is -0.317 e. The van der Waals surface area contributed by atoms with E-state index in [4.69, 9.17) is 0 Å². The van der Waals surface area contributed by atoms with Crippen LogP contribution < -0.4 is 5.32 Å². The number of hydrogen-bond acceptors (Lipinski definition) is 2. The molecular weight excluding hydrogens is 232 g/mol. The van der Waals surface area contributed by atoms with Gasteiger partial charge in [-0.1, -0.05) is 27.7 Å². The first-order valence-corrected chi connectivity index (χ1v) is 8.46. The lowest BCUT2D eigenvalue weighted by Gasteiger charge is -2.45. The van der Waals surface area contributed by atoms with Crippen molar-refractivity contribution in [2.75, 3.05) is 26.2 Å². The first-order chi connectivity index (χ1) is 9.02. The van der Waals surface area contributed by atoms with Gasteiger partial charge in [-0.05, 0) is 69.0 Å². The highest BCUT2D eigenvalue weighted by molar-refractivity contribution is 4.89. The lowest BCUT2D eigenvalue weighted by atomic mass is 9.70. The molecule has 1 N–H and O–H groups in total. The molecule has 1 heterocycles. The second-order valence-electron chi connectivity index (χ2n) is 7.73. The quantitative estimate of drug-likeness (QED) is 0.837. The number of hydrogen-bond donors (Lipinski definition) is 1. The summed E-state index contributed by atoms with van der Waals surface area (Å²) >= 11 is 0. The van der Waals surface area contributed by atoms with Gasteiger partial charge in [-0.2, -0.15) is 0 Å². The van der Waals surface area contributed by atoms with Crippen molar-refractivity contribution in [2.24, 2.45) is 17.3 Å². The van der Waals surface area contributed by atoms with Crippen LogP contribution in [0.2, 0.25) is 0 Å². The molecule has 0 aromatic carbocycles. The molecule has 2 nitrogen and oxygen atoms in total. The first-order valence-electron chi connectivity index (χ1n) is 8.46. The highest BCUT2D eigenvalue weighted by Crippen LogP contribution is 2.40. The minimum absolute atomic E-state index is 0.573. The summed E-state index contributed by atoms with van der Waals surface area (Å²) in [7, 11) is 0. The van der Waals surface area contributed by atoms with E-state index in [1.807, 2.05) is 0 Å². The second kappa shape index (κ2) is 6.58. The fourth-order valence-corrected chi connectivity index (χ4v) is 4.37. The van der Waals surface area contributed by atoms with Crippen LogP contribution in [0, 0.1) is 17.3 Å². The predicted octanol–water partition coefficient (Wildman–Crippen LogP) is 3.52. The molecule has 2 fully saturated rings. The Morgan fingerprint density at radius 3 is 2.42 bits per heavy atom. The summed E-state index contributed by atoms with van der Waals surface area (Å²) in [4.78, 5) is 2.80. The monoisotopic (exact) mass is 266 g/mol. The molecule has 2 atom stereocenters. The maximum absolute atomic E-state index is 3.49. The normalized spacial score (nSPS) is 32.7. The van der Waals surface area contributed by atoms with Crippen molar-refractivity contribution in [3.63, 3.8) is 0 Å². The van der Waals surface area contributed by atoms with Crippen molar-refractivity contribution in [1.29, 1.82) is 0 Å². The van der Waals surface area contributed by atoms with Gasteiger partial charge in [0.25, 0.3) is 0 Å². The number of piperidine rings is 1. The summed E-state index contributed by atoms with van der Waals surface area (Å²) < 4.78 is 0. The topological polar surface area (TPSA) is 15.3 Å². The SMILES string of the molecule is CCN(CC1CCNCC1)C1CCC(C)(C)CC1C. The molecule has 19 heavy (non-hydrogen) atoms.